The molecule has 8 heteroatoms. The summed E-state index contributed by atoms with van der Waals surface area (Å²) in [4.78, 5) is 22.3. The molecule has 0 aliphatic rings. The Bertz CT molecular complexity index is 666. The van der Waals surface area contributed by atoms with Crippen LogP contribution in [-0.2, 0) is 4.79 Å². The molecule has 0 aliphatic carbocycles. The third-order valence-corrected chi connectivity index (χ3v) is 3.28. The number of amides is 1. The average Bonchev–Trinajstić information content (AvgIpc) is 2.90. The van der Waals surface area contributed by atoms with Crippen LogP contribution in [0.5, 0.6) is 5.75 Å². The number of para-hydroxylation sites is 1. The van der Waals surface area contributed by atoms with Crippen molar-refractivity contribution in [2.24, 2.45) is 0 Å². The van der Waals surface area contributed by atoms with Gasteiger partial charge in [0.05, 0.1) is 0 Å². The summed E-state index contributed by atoms with van der Waals surface area (Å²) in [5, 5.41) is 12.2. The third-order valence-electron chi connectivity index (χ3n) is 2.38. The molecule has 110 valence electrons. The number of thiophene rings is 1. The number of anilines is 1. The monoisotopic (exact) mass is 313 g/mol. The highest BCUT2D eigenvalue weighted by atomic mass is 32.1. The molecule has 0 fully saturated rings. The molecule has 5 nitrogen and oxygen atoms in total. The first-order valence-corrected chi connectivity index (χ1v) is 6.54. The van der Waals surface area contributed by atoms with Crippen molar-refractivity contribution in [3.8, 4) is 5.75 Å². The maximum absolute atomic E-state index is 13.3. The number of carbonyl (C=O) groups is 2. The molecule has 0 radical (unpaired) electrons. The van der Waals surface area contributed by atoms with Gasteiger partial charge in [0.15, 0.2) is 6.61 Å². The molecule has 0 saturated heterocycles. The number of hydrogen-bond donors (Lipinski definition) is 2. The Kier molecular flexibility index (Phi) is 4.49. The van der Waals surface area contributed by atoms with Crippen LogP contribution in [0.25, 0.3) is 0 Å². The first kappa shape index (κ1) is 14.9. The van der Waals surface area contributed by atoms with E-state index in [1.807, 2.05) is 0 Å². The van der Waals surface area contributed by atoms with E-state index in [0.717, 1.165) is 23.5 Å². The minimum Gasteiger partial charge on any atom is -0.483 e. The summed E-state index contributed by atoms with van der Waals surface area (Å²) in [6.45, 7) is -0.496. The maximum atomic E-state index is 13.3. The van der Waals surface area contributed by atoms with Gasteiger partial charge in [-0.05, 0) is 12.1 Å². The second-order valence-corrected chi connectivity index (χ2v) is 4.80. The summed E-state index contributed by atoms with van der Waals surface area (Å²) in [5.41, 5.74) is -0.553. The third kappa shape index (κ3) is 3.76. The molecule has 2 N–H and O–H groups in total. The van der Waals surface area contributed by atoms with Crippen LogP contribution in [0.4, 0.5) is 14.5 Å². The van der Waals surface area contributed by atoms with Gasteiger partial charge in [0.2, 0.25) is 0 Å². The number of carboxylic acids is 1. The zero-order valence-corrected chi connectivity index (χ0v) is 11.2. The number of ether oxygens (including phenoxy) is 1. The summed E-state index contributed by atoms with van der Waals surface area (Å²) in [5.74, 6) is -3.46. The SMILES string of the molecule is O=C(COc1csc(C(=O)O)c1)Nc1c(F)cccc1F. The molecule has 1 heterocycles. The molecule has 21 heavy (non-hydrogen) atoms. The predicted molar refractivity (Wildman–Crippen MR) is 71.8 cm³/mol. The van der Waals surface area contributed by atoms with Crippen LogP contribution in [-0.4, -0.2) is 23.6 Å². The van der Waals surface area contributed by atoms with Crippen molar-refractivity contribution < 1.29 is 28.2 Å². The molecule has 1 amide bonds. The molecule has 0 saturated carbocycles. The summed E-state index contributed by atoms with van der Waals surface area (Å²) in [6, 6.07) is 4.45. The van der Waals surface area contributed by atoms with E-state index >= 15 is 0 Å². The van der Waals surface area contributed by atoms with Gasteiger partial charge >= 0.3 is 5.97 Å². The molecule has 0 bridgehead atoms. The lowest BCUT2D eigenvalue weighted by molar-refractivity contribution is -0.118. The number of benzene rings is 1. The highest BCUT2D eigenvalue weighted by Crippen LogP contribution is 2.22. The zero-order valence-electron chi connectivity index (χ0n) is 10.4. The molecule has 0 spiro atoms. The number of aromatic carboxylic acids is 1. The van der Waals surface area contributed by atoms with Crippen LogP contribution < -0.4 is 10.1 Å². The van der Waals surface area contributed by atoms with Gasteiger partial charge in [-0.25, -0.2) is 13.6 Å². The summed E-state index contributed by atoms with van der Waals surface area (Å²) in [7, 11) is 0. The molecule has 0 aliphatic heterocycles. The minimum absolute atomic E-state index is 0.0607. The van der Waals surface area contributed by atoms with E-state index in [-0.39, 0.29) is 10.6 Å². The van der Waals surface area contributed by atoms with Gasteiger partial charge < -0.3 is 15.2 Å². The quantitative estimate of drug-likeness (QED) is 0.890. The molecular formula is C13H9F2NO4S. The Labute approximate surface area is 121 Å². The van der Waals surface area contributed by atoms with E-state index in [4.69, 9.17) is 9.84 Å². The molecule has 0 atom stereocenters. The van der Waals surface area contributed by atoms with E-state index in [0.29, 0.717) is 0 Å². The van der Waals surface area contributed by atoms with Crippen molar-refractivity contribution in [1.29, 1.82) is 0 Å². The van der Waals surface area contributed by atoms with E-state index in [9.17, 15) is 18.4 Å². The Morgan fingerprint density at radius 1 is 1.29 bits per heavy atom. The number of hydrogen-bond acceptors (Lipinski definition) is 4. The van der Waals surface area contributed by atoms with Gasteiger partial charge in [-0.15, -0.1) is 11.3 Å². The standard InChI is InChI=1S/C13H9F2NO4S/c14-8-2-1-3-9(15)12(8)16-11(17)5-20-7-4-10(13(18)19)21-6-7/h1-4,6H,5H2,(H,16,17)(H,18,19). The van der Waals surface area contributed by atoms with E-state index in [1.165, 1.54) is 17.5 Å². The van der Waals surface area contributed by atoms with E-state index in [2.05, 4.69) is 5.32 Å². The Morgan fingerprint density at radius 3 is 2.52 bits per heavy atom. The van der Waals surface area contributed by atoms with Gasteiger partial charge in [0.25, 0.3) is 5.91 Å². The van der Waals surface area contributed by atoms with Crippen molar-refractivity contribution in [3.63, 3.8) is 0 Å². The Balaban J connectivity index is 1.94. The molecular weight excluding hydrogens is 304 g/mol. The fourth-order valence-electron chi connectivity index (χ4n) is 1.45. The Morgan fingerprint density at radius 2 is 1.95 bits per heavy atom. The number of carboxylic acid groups (broad SMARTS) is 1. The smallest absolute Gasteiger partial charge is 0.346 e. The van der Waals surface area contributed by atoms with Gasteiger partial charge in [-0.1, -0.05) is 6.07 Å². The van der Waals surface area contributed by atoms with Crippen molar-refractivity contribution in [1.82, 2.24) is 0 Å². The molecule has 2 aromatic rings. The summed E-state index contributed by atoms with van der Waals surface area (Å²) in [6.07, 6.45) is 0. The second kappa shape index (κ2) is 6.31. The van der Waals surface area contributed by atoms with Gasteiger partial charge in [-0.3, -0.25) is 4.79 Å². The number of carbonyl (C=O) groups excluding carboxylic acids is 1. The van der Waals surface area contributed by atoms with Gasteiger partial charge in [-0.2, -0.15) is 0 Å². The highest BCUT2D eigenvalue weighted by molar-refractivity contribution is 7.12. The fraction of sp³-hybridized carbons (Fsp3) is 0.0769. The average molecular weight is 313 g/mol. The summed E-state index contributed by atoms with van der Waals surface area (Å²) < 4.78 is 31.7. The molecule has 1 aromatic carbocycles. The summed E-state index contributed by atoms with van der Waals surface area (Å²) >= 11 is 0.942. The van der Waals surface area contributed by atoms with Crippen LogP contribution in [0, 0.1) is 11.6 Å². The normalized spacial score (nSPS) is 10.2. The largest absolute Gasteiger partial charge is 0.483 e. The fourth-order valence-corrected chi connectivity index (χ4v) is 2.11. The topological polar surface area (TPSA) is 75.6 Å². The lowest BCUT2D eigenvalue weighted by atomic mass is 10.3. The number of rotatable bonds is 5. The maximum Gasteiger partial charge on any atom is 0.346 e. The number of halogens is 2. The van der Waals surface area contributed by atoms with Crippen LogP contribution in [0.1, 0.15) is 9.67 Å². The number of nitrogens with one attached hydrogen (secondary N) is 1. The van der Waals surface area contributed by atoms with Crippen molar-refractivity contribution in [2.75, 3.05) is 11.9 Å². The van der Waals surface area contributed by atoms with Crippen LogP contribution in [0.2, 0.25) is 0 Å². The first-order chi connectivity index (χ1) is 9.97. The second-order valence-electron chi connectivity index (χ2n) is 3.89. The zero-order chi connectivity index (χ0) is 15.4. The van der Waals surface area contributed by atoms with Gasteiger partial charge in [0, 0.05) is 11.4 Å². The molecule has 0 unspecified atom stereocenters. The first-order valence-electron chi connectivity index (χ1n) is 5.66. The highest BCUT2D eigenvalue weighted by Gasteiger charge is 2.13. The van der Waals surface area contributed by atoms with Crippen molar-refractivity contribution >= 4 is 28.9 Å². The lowest BCUT2D eigenvalue weighted by Gasteiger charge is -2.07. The van der Waals surface area contributed by atoms with E-state index in [1.54, 1.807) is 0 Å². The van der Waals surface area contributed by atoms with Crippen molar-refractivity contribution in [2.45, 2.75) is 0 Å². The lowest BCUT2D eigenvalue weighted by Crippen LogP contribution is -2.21. The minimum atomic E-state index is -1.10. The van der Waals surface area contributed by atoms with Crippen molar-refractivity contribution in [3.05, 3.63) is 46.2 Å². The van der Waals surface area contributed by atoms with Crippen LogP contribution in [0.15, 0.2) is 29.6 Å². The van der Waals surface area contributed by atoms with E-state index < -0.39 is 35.8 Å². The molecule has 2 rings (SSSR count). The Hall–Kier alpha value is -2.48. The predicted octanol–water partition coefficient (Wildman–Crippen LogP) is 2.74. The van der Waals surface area contributed by atoms with Gasteiger partial charge in [0.1, 0.15) is 27.9 Å². The molecule has 1 aromatic heterocycles. The van der Waals surface area contributed by atoms with Crippen LogP contribution in [0.3, 0.4) is 0 Å². The van der Waals surface area contributed by atoms with Crippen LogP contribution >= 0.6 is 11.3 Å².